The van der Waals surface area contributed by atoms with Crippen LogP contribution >= 0.6 is 0 Å². The summed E-state index contributed by atoms with van der Waals surface area (Å²) in [5.74, 6) is 0.824. The van der Waals surface area contributed by atoms with Crippen LogP contribution in [-0.2, 0) is 6.54 Å². The summed E-state index contributed by atoms with van der Waals surface area (Å²) in [6.07, 6.45) is 4.08. The van der Waals surface area contributed by atoms with Crippen LogP contribution in [0, 0.1) is 12.8 Å². The molecule has 0 spiro atoms. The van der Waals surface area contributed by atoms with Gasteiger partial charge in [-0.1, -0.05) is 25.5 Å². The Morgan fingerprint density at radius 2 is 2.11 bits per heavy atom. The lowest BCUT2D eigenvalue weighted by Crippen LogP contribution is -2.30. The standard InChI is InChI=1S/C17H22N2/c1-12-4-3-5-16(12)18-11-14-7-9-17-15(10-14)8-6-13(2)19-17/h6-10,12,16,18H,3-5,11H2,1-2H3. The maximum absolute atomic E-state index is 4.55. The summed E-state index contributed by atoms with van der Waals surface area (Å²) in [4.78, 5) is 4.55. The van der Waals surface area contributed by atoms with Gasteiger partial charge in [-0.05, 0) is 49.4 Å². The van der Waals surface area contributed by atoms with Crippen molar-refractivity contribution in [1.82, 2.24) is 10.3 Å². The minimum atomic E-state index is 0.701. The second kappa shape index (κ2) is 5.30. The second-order valence-electron chi connectivity index (χ2n) is 5.88. The molecule has 2 nitrogen and oxygen atoms in total. The van der Waals surface area contributed by atoms with E-state index in [0.29, 0.717) is 6.04 Å². The van der Waals surface area contributed by atoms with E-state index in [2.05, 4.69) is 47.6 Å². The zero-order chi connectivity index (χ0) is 13.2. The van der Waals surface area contributed by atoms with Crippen LogP contribution in [0.15, 0.2) is 30.3 Å². The molecule has 1 fully saturated rings. The van der Waals surface area contributed by atoms with Crippen molar-refractivity contribution in [3.05, 3.63) is 41.6 Å². The number of rotatable bonds is 3. The topological polar surface area (TPSA) is 24.9 Å². The van der Waals surface area contributed by atoms with Gasteiger partial charge in [0.05, 0.1) is 5.52 Å². The van der Waals surface area contributed by atoms with Crippen molar-refractivity contribution >= 4 is 10.9 Å². The zero-order valence-electron chi connectivity index (χ0n) is 11.8. The van der Waals surface area contributed by atoms with E-state index >= 15 is 0 Å². The molecule has 2 atom stereocenters. The van der Waals surface area contributed by atoms with E-state index in [9.17, 15) is 0 Å². The summed E-state index contributed by atoms with van der Waals surface area (Å²) < 4.78 is 0. The quantitative estimate of drug-likeness (QED) is 0.900. The predicted octanol–water partition coefficient (Wildman–Crippen LogP) is 3.82. The Labute approximate surface area is 115 Å². The van der Waals surface area contributed by atoms with Crippen molar-refractivity contribution in [3.63, 3.8) is 0 Å². The SMILES string of the molecule is Cc1ccc2cc(CNC3CCCC3C)ccc2n1. The average molecular weight is 254 g/mol. The molecule has 1 aromatic heterocycles. The monoisotopic (exact) mass is 254 g/mol. The van der Waals surface area contributed by atoms with Gasteiger partial charge in [0.2, 0.25) is 0 Å². The fourth-order valence-corrected chi connectivity index (χ4v) is 3.08. The van der Waals surface area contributed by atoms with Crippen molar-refractivity contribution < 1.29 is 0 Å². The van der Waals surface area contributed by atoms with Gasteiger partial charge in [-0.25, -0.2) is 0 Å². The van der Waals surface area contributed by atoms with E-state index in [1.54, 1.807) is 0 Å². The van der Waals surface area contributed by atoms with Gasteiger partial charge in [0.1, 0.15) is 0 Å². The van der Waals surface area contributed by atoms with Gasteiger partial charge >= 0.3 is 0 Å². The average Bonchev–Trinajstić information content (AvgIpc) is 2.82. The largest absolute Gasteiger partial charge is 0.310 e. The molecule has 1 N–H and O–H groups in total. The smallest absolute Gasteiger partial charge is 0.0705 e. The number of benzene rings is 1. The molecule has 1 saturated carbocycles. The van der Waals surface area contributed by atoms with Crippen molar-refractivity contribution in [2.75, 3.05) is 0 Å². The third-order valence-electron chi connectivity index (χ3n) is 4.32. The number of hydrogen-bond donors (Lipinski definition) is 1. The molecule has 1 aliphatic rings. The highest BCUT2D eigenvalue weighted by molar-refractivity contribution is 5.79. The molecular weight excluding hydrogens is 232 g/mol. The molecule has 0 aliphatic heterocycles. The third kappa shape index (κ3) is 2.79. The Morgan fingerprint density at radius 1 is 1.21 bits per heavy atom. The van der Waals surface area contributed by atoms with Gasteiger partial charge in [-0.3, -0.25) is 4.98 Å². The number of nitrogens with one attached hydrogen (secondary N) is 1. The number of nitrogens with zero attached hydrogens (tertiary/aromatic N) is 1. The zero-order valence-corrected chi connectivity index (χ0v) is 11.8. The van der Waals surface area contributed by atoms with Crippen molar-refractivity contribution in [3.8, 4) is 0 Å². The van der Waals surface area contributed by atoms with Crippen LogP contribution in [0.25, 0.3) is 10.9 Å². The Bertz CT molecular complexity index is 576. The van der Waals surface area contributed by atoms with Gasteiger partial charge in [0.15, 0.2) is 0 Å². The van der Waals surface area contributed by atoms with E-state index in [1.807, 2.05) is 6.92 Å². The number of fused-ring (bicyclic) bond motifs is 1. The number of hydrogen-bond acceptors (Lipinski definition) is 2. The van der Waals surface area contributed by atoms with Crippen LogP contribution in [0.1, 0.15) is 37.4 Å². The summed E-state index contributed by atoms with van der Waals surface area (Å²) >= 11 is 0. The molecule has 100 valence electrons. The Kier molecular flexibility index (Phi) is 3.52. The maximum atomic E-state index is 4.55. The van der Waals surface area contributed by atoms with Gasteiger partial charge in [0.25, 0.3) is 0 Å². The lowest BCUT2D eigenvalue weighted by Gasteiger charge is -2.17. The molecule has 0 saturated heterocycles. The normalized spacial score (nSPS) is 23.1. The molecule has 2 heteroatoms. The fourth-order valence-electron chi connectivity index (χ4n) is 3.08. The summed E-state index contributed by atoms with van der Waals surface area (Å²) in [6.45, 7) is 5.37. The number of aryl methyl sites for hydroxylation is 1. The highest BCUT2D eigenvalue weighted by atomic mass is 14.9. The fraction of sp³-hybridized carbons (Fsp3) is 0.471. The first-order chi connectivity index (χ1) is 9.22. The molecule has 0 radical (unpaired) electrons. The van der Waals surface area contributed by atoms with Crippen LogP contribution in [0.3, 0.4) is 0 Å². The molecule has 2 unspecified atom stereocenters. The van der Waals surface area contributed by atoms with Crippen molar-refractivity contribution in [2.24, 2.45) is 5.92 Å². The summed E-state index contributed by atoms with van der Waals surface area (Å²) in [6, 6.07) is 11.5. The van der Waals surface area contributed by atoms with Crippen LogP contribution < -0.4 is 5.32 Å². The van der Waals surface area contributed by atoms with E-state index < -0.39 is 0 Å². The molecule has 19 heavy (non-hydrogen) atoms. The molecule has 2 aromatic rings. The first-order valence-electron chi connectivity index (χ1n) is 7.32. The highest BCUT2D eigenvalue weighted by Crippen LogP contribution is 2.25. The van der Waals surface area contributed by atoms with E-state index in [1.165, 1.54) is 30.2 Å². The third-order valence-corrected chi connectivity index (χ3v) is 4.32. The number of aromatic nitrogens is 1. The first kappa shape index (κ1) is 12.6. The Morgan fingerprint density at radius 3 is 2.89 bits per heavy atom. The molecule has 1 aliphatic carbocycles. The van der Waals surface area contributed by atoms with Crippen LogP contribution in [-0.4, -0.2) is 11.0 Å². The molecule has 1 aromatic carbocycles. The van der Waals surface area contributed by atoms with Crippen LogP contribution in [0.5, 0.6) is 0 Å². The molecular formula is C17H22N2. The van der Waals surface area contributed by atoms with E-state index in [4.69, 9.17) is 0 Å². The van der Waals surface area contributed by atoms with E-state index in [-0.39, 0.29) is 0 Å². The predicted molar refractivity (Wildman–Crippen MR) is 80.1 cm³/mol. The van der Waals surface area contributed by atoms with Gasteiger partial charge < -0.3 is 5.32 Å². The molecule has 1 heterocycles. The molecule has 0 amide bonds. The van der Waals surface area contributed by atoms with Crippen molar-refractivity contribution in [1.29, 1.82) is 0 Å². The van der Waals surface area contributed by atoms with Gasteiger partial charge in [-0.2, -0.15) is 0 Å². The molecule has 0 bridgehead atoms. The minimum absolute atomic E-state index is 0.701. The van der Waals surface area contributed by atoms with Gasteiger partial charge in [0, 0.05) is 23.7 Å². The van der Waals surface area contributed by atoms with E-state index in [0.717, 1.165) is 23.7 Å². The lowest BCUT2D eigenvalue weighted by atomic mass is 10.1. The Balaban J connectivity index is 1.72. The van der Waals surface area contributed by atoms with Crippen LogP contribution in [0.2, 0.25) is 0 Å². The van der Waals surface area contributed by atoms with Gasteiger partial charge in [-0.15, -0.1) is 0 Å². The Hall–Kier alpha value is -1.41. The summed E-state index contributed by atoms with van der Waals surface area (Å²) in [5, 5.41) is 4.94. The number of pyridine rings is 1. The van der Waals surface area contributed by atoms with Crippen LogP contribution in [0.4, 0.5) is 0 Å². The second-order valence-corrected chi connectivity index (χ2v) is 5.88. The lowest BCUT2D eigenvalue weighted by molar-refractivity contribution is 0.426. The molecule has 3 rings (SSSR count). The van der Waals surface area contributed by atoms with Crippen molar-refractivity contribution in [2.45, 2.75) is 45.7 Å². The highest BCUT2D eigenvalue weighted by Gasteiger charge is 2.22. The summed E-state index contributed by atoms with van der Waals surface area (Å²) in [7, 11) is 0. The summed E-state index contributed by atoms with van der Waals surface area (Å²) in [5.41, 5.74) is 3.54. The minimum Gasteiger partial charge on any atom is -0.310 e. The first-order valence-corrected chi connectivity index (χ1v) is 7.32. The maximum Gasteiger partial charge on any atom is 0.0705 e.